The number of benzene rings is 1. The number of ether oxygens (including phenoxy) is 1. The summed E-state index contributed by atoms with van der Waals surface area (Å²) in [5.74, 6) is -3.14. The fourth-order valence-electron chi connectivity index (χ4n) is 2.55. The number of halogens is 4. The number of hydrogen-bond donors (Lipinski definition) is 3. The number of anilines is 1. The predicted octanol–water partition coefficient (Wildman–Crippen LogP) is 2.12. The van der Waals surface area contributed by atoms with Gasteiger partial charge in [0.05, 0.1) is 11.6 Å². The molecular formula is C18H20F4N4O4. The average Bonchev–Trinajstić information content (AvgIpc) is 2.58. The van der Waals surface area contributed by atoms with E-state index >= 15 is 0 Å². The van der Waals surface area contributed by atoms with Gasteiger partial charge in [0.25, 0.3) is 11.5 Å². The number of H-pyrrole nitrogens is 1. The van der Waals surface area contributed by atoms with Crippen LogP contribution >= 0.6 is 0 Å². The fourth-order valence-corrected chi connectivity index (χ4v) is 2.55. The molecule has 0 bridgehead atoms. The van der Waals surface area contributed by atoms with E-state index in [4.69, 9.17) is 0 Å². The van der Waals surface area contributed by atoms with Gasteiger partial charge < -0.3 is 20.1 Å². The topological polar surface area (TPSA) is 108 Å². The van der Waals surface area contributed by atoms with Gasteiger partial charge in [0.15, 0.2) is 11.6 Å². The van der Waals surface area contributed by atoms with Crippen molar-refractivity contribution >= 4 is 11.9 Å². The second-order valence-corrected chi connectivity index (χ2v) is 7.15. The Labute approximate surface area is 168 Å². The number of rotatable bonds is 6. The first-order chi connectivity index (χ1) is 13.7. The smallest absolute Gasteiger partial charge is 0.403 e. The zero-order chi connectivity index (χ0) is 22.9. The lowest BCUT2D eigenvalue weighted by Gasteiger charge is -2.30. The van der Waals surface area contributed by atoms with Gasteiger partial charge in [0.2, 0.25) is 5.95 Å². The highest BCUT2D eigenvalue weighted by molar-refractivity contribution is 5.92. The minimum absolute atomic E-state index is 0.0273. The summed E-state index contributed by atoms with van der Waals surface area (Å²) in [7, 11) is 3.18. The highest BCUT2D eigenvalue weighted by Crippen LogP contribution is 2.31. The standard InChI is InChI=1S/C18H20F4N4O4/c1-17(2,29)14(9-5-6-12(10(19)7-9)30-18(20,21)22)25-15(28)11-8-13(27)24-16(23-11)26(3)4/h5-8,14,29H,1-4H3,(H,25,28)(H,23,24,27). The highest BCUT2D eigenvalue weighted by Gasteiger charge is 2.34. The fraction of sp³-hybridized carbons (Fsp3) is 0.389. The molecule has 1 heterocycles. The first kappa shape index (κ1) is 23.1. The average molecular weight is 432 g/mol. The summed E-state index contributed by atoms with van der Waals surface area (Å²) < 4.78 is 54.7. The maximum absolute atomic E-state index is 14.1. The second-order valence-electron chi connectivity index (χ2n) is 7.15. The van der Waals surface area contributed by atoms with Crippen LogP contribution in [0.5, 0.6) is 5.75 Å². The molecule has 0 fully saturated rings. The van der Waals surface area contributed by atoms with Crippen LogP contribution < -0.4 is 20.5 Å². The van der Waals surface area contributed by atoms with E-state index in [2.05, 4.69) is 20.0 Å². The maximum Gasteiger partial charge on any atom is 0.573 e. The number of nitrogens with zero attached hydrogens (tertiary/aromatic N) is 2. The van der Waals surface area contributed by atoms with Crippen LogP contribution in [0.3, 0.4) is 0 Å². The Hall–Kier alpha value is -3.15. The molecule has 30 heavy (non-hydrogen) atoms. The Kier molecular flexibility index (Phi) is 6.40. The molecule has 0 saturated carbocycles. The number of aliphatic hydroxyl groups is 1. The van der Waals surface area contributed by atoms with Crippen molar-refractivity contribution in [3.63, 3.8) is 0 Å². The molecule has 1 aromatic heterocycles. The minimum Gasteiger partial charge on any atom is -0.403 e. The summed E-state index contributed by atoms with van der Waals surface area (Å²) in [5, 5.41) is 12.9. The third kappa shape index (κ3) is 5.92. The molecule has 1 atom stereocenters. The quantitative estimate of drug-likeness (QED) is 0.604. The van der Waals surface area contributed by atoms with Gasteiger partial charge in [-0.25, -0.2) is 9.37 Å². The van der Waals surface area contributed by atoms with Crippen molar-refractivity contribution in [1.82, 2.24) is 15.3 Å². The van der Waals surface area contributed by atoms with Crippen LogP contribution in [0.1, 0.15) is 35.9 Å². The van der Waals surface area contributed by atoms with Gasteiger partial charge in [-0.3, -0.25) is 14.6 Å². The molecule has 0 aliphatic carbocycles. The molecule has 0 radical (unpaired) electrons. The van der Waals surface area contributed by atoms with Gasteiger partial charge >= 0.3 is 6.36 Å². The van der Waals surface area contributed by atoms with Crippen molar-refractivity contribution in [2.45, 2.75) is 31.9 Å². The number of alkyl halides is 3. The lowest BCUT2D eigenvalue weighted by molar-refractivity contribution is -0.275. The second kappa shape index (κ2) is 8.30. The Balaban J connectivity index is 2.37. The van der Waals surface area contributed by atoms with Crippen LogP contribution in [0.25, 0.3) is 0 Å². The van der Waals surface area contributed by atoms with Crippen molar-refractivity contribution in [3.8, 4) is 5.75 Å². The summed E-state index contributed by atoms with van der Waals surface area (Å²) in [6.45, 7) is 2.62. The zero-order valence-corrected chi connectivity index (χ0v) is 16.5. The molecule has 2 rings (SSSR count). The largest absolute Gasteiger partial charge is 0.573 e. The van der Waals surface area contributed by atoms with E-state index in [9.17, 15) is 32.3 Å². The van der Waals surface area contributed by atoms with E-state index in [1.165, 1.54) is 18.7 Å². The van der Waals surface area contributed by atoms with Crippen molar-refractivity contribution in [1.29, 1.82) is 0 Å². The zero-order valence-electron chi connectivity index (χ0n) is 16.5. The number of aromatic amines is 1. The molecule has 12 heteroatoms. The molecular weight excluding hydrogens is 412 g/mol. The van der Waals surface area contributed by atoms with Gasteiger partial charge in [0.1, 0.15) is 5.69 Å². The SMILES string of the molecule is CN(C)c1nc(C(=O)NC(c2ccc(OC(F)(F)F)c(F)c2)C(C)(C)O)cc(=O)[nH]1. The number of nitrogens with one attached hydrogen (secondary N) is 2. The van der Waals surface area contributed by atoms with Gasteiger partial charge in [-0.05, 0) is 31.5 Å². The highest BCUT2D eigenvalue weighted by atomic mass is 19.4. The maximum atomic E-state index is 14.1. The van der Waals surface area contributed by atoms with Crippen LogP contribution in [0.15, 0.2) is 29.1 Å². The number of amides is 1. The first-order valence-electron chi connectivity index (χ1n) is 8.54. The predicted molar refractivity (Wildman–Crippen MR) is 98.8 cm³/mol. The van der Waals surface area contributed by atoms with E-state index in [-0.39, 0.29) is 17.2 Å². The summed E-state index contributed by atoms with van der Waals surface area (Å²) in [4.78, 5) is 32.3. The van der Waals surface area contributed by atoms with Gasteiger partial charge in [-0.15, -0.1) is 13.2 Å². The molecule has 1 aromatic carbocycles. The van der Waals surface area contributed by atoms with Crippen molar-refractivity contribution in [2.75, 3.05) is 19.0 Å². The normalized spacial score (nSPS) is 13.0. The van der Waals surface area contributed by atoms with Gasteiger partial charge in [-0.2, -0.15) is 0 Å². The molecule has 0 saturated heterocycles. The molecule has 3 N–H and O–H groups in total. The first-order valence-corrected chi connectivity index (χ1v) is 8.54. The Morgan fingerprint density at radius 1 is 1.27 bits per heavy atom. The summed E-state index contributed by atoms with van der Waals surface area (Å²) in [6.07, 6.45) is -5.08. The van der Waals surface area contributed by atoms with Crippen molar-refractivity contribution in [2.24, 2.45) is 0 Å². The molecule has 164 valence electrons. The van der Waals surface area contributed by atoms with Gasteiger partial charge in [-0.1, -0.05) is 6.07 Å². The third-order valence-electron chi connectivity index (χ3n) is 3.88. The van der Waals surface area contributed by atoms with Crippen LogP contribution in [-0.2, 0) is 0 Å². The Morgan fingerprint density at radius 3 is 2.40 bits per heavy atom. The molecule has 0 aliphatic heterocycles. The molecule has 8 nitrogen and oxygen atoms in total. The number of carbonyl (C=O) groups excluding carboxylic acids is 1. The van der Waals surface area contributed by atoms with Crippen LogP contribution in [0.2, 0.25) is 0 Å². The minimum atomic E-state index is -5.08. The number of carbonyl (C=O) groups is 1. The van der Waals surface area contributed by atoms with Crippen molar-refractivity contribution in [3.05, 3.63) is 51.7 Å². The van der Waals surface area contributed by atoms with E-state index < -0.39 is 41.0 Å². The van der Waals surface area contributed by atoms with Crippen LogP contribution in [-0.4, -0.2) is 47.0 Å². The molecule has 0 spiro atoms. The molecule has 0 aliphatic rings. The van der Waals surface area contributed by atoms with E-state index in [0.717, 1.165) is 18.2 Å². The lowest BCUT2D eigenvalue weighted by Crippen LogP contribution is -2.42. The number of aromatic nitrogens is 2. The molecule has 2 aromatic rings. The molecule has 1 unspecified atom stereocenters. The summed E-state index contributed by atoms with van der Waals surface area (Å²) >= 11 is 0. The summed E-state index contributed by atoms with van der Waals surface area (Å²) in [6, 6.07) is 2.20. The summed E-state index contributed by atoms with van der Waals surface area (Å²) in [5.41, 5.74) is -2.55. The van der Waals surface area contributed by atoms with Gasteiger partial charge in [0, 0.05) is 20.2 Å². The van der Waals surface area contributed by atoms with Crippen LogP contribution in [0.4, 0.5) is 23.5 Å². The van der Waals surface area contributed by atoms with E-state index in [0.29, 0.717) is 6.07 Å². The van der Waals surface area contributed by atoms with Crippen LogP contribution in [0, 0.1) is 5.82 Å². The monoisotopic (exact) mass is 432 g/mol. The van der Waals surface area contributed by atoms with Crippen molar-refractivity contribution < 1.29 is 32.2 Å². The van der Waals surface area contributed by atoms with E-state index in [1.54, 1.807) is 14.1 Å². The molecule has 1 amide bonds. The number of hydrogen-bond acceptors (Lipinski definition) is 6. The lowest BCUT2D eigenvalue weighted by atomic mass is 9.91. The third-order valence-corrected chi connectivity index (χ3v) is 3.88. The van der Waals surface area contributed by atoms with E-state index in [1.807, 2.05) is 0 Å². The Bertz CT molecular complexity index is 983. The Morgan fingerprint density at radius 2 is 1.90 bits per heavy atom.